The van der Waals surface area contributed by atoms with Gasteiger partial charge in [0.2, 0.25) is 0 Å². The van der Waals surface area contributed by atoms with Crippen LogP contribution < -0.4 is 5.32 Å². The quantitative estimate of drug-likeness (QED) is 0.921. The van der Waals surface area contributed by atoms with E-state index in [4.69, 9.17) is 10.5 Å². The summed E-state index contributed by atoms with van der Waals surface area (Å²) in [4.78, 5) is 0. The van der Waals surface area contributed by atoms with E-state index in [1.165, 1.54) is 6.20 Å². The number of nitrogens with zero attached hydrogens (tertiary/aromatic N) is 4. The molecule has 18 heavy (non-hydrogen) atoms. The molecule has 0 spiro atoms. The van der Waals surface area contributed by atoms with E-state index in [2.05, 4.69) is 37.5 Å². The van der Waals surface area contributed by atoms with Gasteiger partial charge in [-0.15, -0.1) is 5.10 Å². The third kappa shape index (κ3) is 2.45. The monoisotopic (exact) mass is 299 g/mol. The van der Waals surface area contributed by atoms with Crippen LogP contribution in [0.1, 0.15) is 11.1 Å². The minimum Gasteiger partial charge on any atom is -0.337 e. The number of anilines is 2. The maximum atomic E-state index is 9.01. The van der Waals surface area contributed by atoms with Crippen molar-refractivity contribution in [2.75, 3.05) is 5.32 Å². The first-order chi connectivity index (χ1) is 8.74. The highest BCUT2D eigenvalue weighted by atomic mass is 79.9. The molecule has 0 saturated heterocycles. The van der Waals surface area contributed by atoms with E-state index in [0.717, 1.165) is 4.47 Å². The highest BCUT2D eigenvalue weighted by Gasteiger charge is 2.07. The zero-order chi connectivity index (χ0) is 13.0. The SMILES string of the molecule is N#Cc1ccc(Br)cc1Nc1nnccc1C#N. The third-order valence-electron chi connectivity index (χ3n) is 2.20. The lowest BCUT2D eigenvalue weighted by molar-refractivity contribution is 1.03. The zero-order valence-electron chi connectivity index (χ0n) is 9.05. The average molecular weight is 300 g/mol. The molecule has 0 radical (unpaired) electrons. The number of hydrogen-bond acceptors (Lipinski definition) is 5. The molecule has 6 heteroatoms. The maximum Gasteiger partial charge on any atom is 0.171 e. The Hall–Kier alpha value is -2.44. The largest absolute Gasteiger partial charge is 0.337 e. The fraction of sp³-hybridized carbons (Fsp3) is 0. The van der Waals surface area contributed by atoms with E-state index in [0.29, 0.717) is 22.6 Å². The van der Waals surface area contributed by atoms with Crippen molar-refractivity contribution in [2.45, 2.75) is 0 Å². The van der Waals surface area contributed by atoms with E-state index < -0.39 is 0 Å². The Morgan fingerprint density at radius 2 is 1.89 bits per heavy atom. The zero-order valence-corrected chi connectivity index (χ0v) is 10.6. The predicted molar refractivity (Wildman–Crippen MR) is 68.9 cm³/mol. The standard InChI is InChI=1S/C12H6BrN5/c13-10-2-1-8(6-14)11(5-10)17-12-9(7-15)3-4-16-18-12/h1-5H,(H,17,18). The van der Waals surface area contributed by atoms with Gasteiger partial charge in [0, 0.05) is 4.47 Å². The average Bonchev–Trinajstić information content (AvgIpc) is 2.40. The summed E-state index contributed by atoms with van der Waals surface area (Å²) in [7, 11) is 0. The number of halogens is 1. The fourth-order valence-electron chi connectivity index (χ4n) is 1.36. The van der Waals surface area contributed by atoms with E-state index in [9.17, 15) is 0 Å². The maximum absolute atomic E-state index is 9.01. The third-order valence-corrected chi connectivity index (χ3v) is 2.69. The van der Waals surface area contributed by atoms with Gasteiger partial charge in [-0.1, -0.05) is 15.9 Å². The second-order valence-electron chi connectivity index (χ2n) is 3.33. The lowest BCUT2D eigenvalue weighted by Gasteiger charge is -2.08. The van der Waals surface area contributed by atoms with Gasteiger partial charge >= 0.3 is 0 Å². The molecule has 5 nitrogen and oxygen atoms in total. The first-order valence-electron chi connectivity index (χ1n) is 4.93. The molecule has 86 valence electrons. The smallest absolute Gasteiger partial charge is 0.171 e. The Morgan fingerprint density at radius 3 is 2.61 bits per heavy atom. The molecule has 0 fully saturated rings. The number of rotatable bonds is 2. The van der Waals surface area contributed by atoms with Crippen molar-refractivity contribution >= 4 is 27.4 Å². The summed E-state index contributed by atoms with van der Waals surface area (Å²) in [5.41, 5.74) is 1.41. The molecule has 2 rings (SSSR count). The molecule has 0 saturated carbocycles. The lowest BCUT2D eigenvalue weighted by Crippen LogP contribution is -2.00. The van der Waals surface area contributed by atoms with Crippen molar-refractivity contribution in [3.63, 3.8) is 0 Å². The predicted octanol–water partition coefficient (Wildman–Crippen LogP) is 2.73. The Bertz CT molecular complexity index is 669. The first-order valence-corrected chi connectivity index (χ1v) is 5.72. The van der Waals surface area contributed by atoms with Gasteiger partial charge in [-0.2, -0.15) is 15.6 Å². The second kappa shape index (κ2) is 5.26. The summed E-state index contributed by atoms with van der Waals surface area (Å²) < 4.78 is 0.825. The minimum atomic E-state index is 0.328. The summed E-state index contributed by atoms with van der Waals surface area (Å²) in [6.07, 6.45) is 1.44. The second-order valence-corrected chi connectivity index (χ2v) is 4.25. The van der Waals surface area contributed by atoms with Gasteiger partial charge in [-0.05, 0) is 24.3 Å². The number of hydrogen-bond donors (Lipinski definition) is 1. The van der Waals surface area contributed by atoms with Gasteiger partial charge < -0.3 is 5.32 Å². The molecule has 1 heterocycles. The molecule has 0 aliphatic rings. The van der Waals surface area contributed by atoms with Gasteiger partial charge in [0.1, 0.15) is 12.1 Å². The van der Waals surface area contributed by atoms with Crippen molar-refractivity contribution in [3.8, 4) is 12.1 Å². The molecular weight excluding hydrogens is 294 g/mol. The first kappa shape index (κ1) is 12.0. The molecule has 0 unspecified atom stereocenters. The van der Waals surface area contributed by atoms with Crippen LogP contribution >= 0.6 is 15.9 Å². The van der Waals surface area contributed by atoms with Crippen LogP contribution in [0.4, 0.5) is 11.5 Å². The summed E-state index contributed by atoms with van der Waals surface area (Å²) in [5, 5.41) is 28.4. The lowest BCUT2D eigenvalue weighted by atomic mass is 10.2. The van der Waals surface area contributed by atoms with E-state index >= 15 is 0 Å². The summed E-state index contributed by atoms with van der Waals surface area (Å²) in [6, 6.07) is 10.8. The number of nitriles is 2. The number of nitrogens with one attached hydrogen (secondary N) is 1. The molecule has 0 bridgehead atoms. The molecule has 0 atom stereocenters. The molecule has 0 aliphatic heterocycles. The Kier molecular flexibility index (Phi) is 3.52. The van der Waals surface area contributed by atoms with Crippen LogP contribution in [0, 0.1) is 22.7 Å². The van der Waals surface area contributed by atoms with Crippen molar-refractivity contribution in [3.05, 3.63) is 46.1 Å². The number of aromatic nitrogens is 2. The van der Waals surface area contributed by atoms with Crippen LogP contribution in [-0.4, -0.2) is 10.2 Å². The van der Waals surface area contributed by atoms with Crippen LogP contribution in [0.5, 0.6) is 0 Å². The normalized spacial score (nSPS) is 9.28. The van der Waals surface area contributed by atoms with Gasteiger partial charge in [-0.25, -0.2) is 0 Å². The molecule has 1 aromatic heterocycles. The van der Waals surface area contributed by atoms with Crippen LogP contribution in [0.3, 0.4) is 0 Å². The van der Waals surface area contributed by atoms with E-state index in [1.54, 1.807) is 24.3 Å². The van der Waals surface area contributed by atoms with Crippen LogP contribution in [0.2, 0.25) is 0 Å². The van der Waals surface area contributed by atoms with Crippen LogP contribution in [0.15, 0.2) is 34.9 Å². The topological polar surface area (TPSA) is 85.4 Å². The summed E-state index contributed by atoms with van der Waals surface area (Å²) in [6.45, 7) is 0. The van der Waals surface area contributed by atoms with Crippen molar-refractivity contribution in [2.24, 2.45) is 0 Å². The molecule has 0 aliphatic carbocycles. The molecule has 2 aromatic rings. The summed E-state index contributed by atoms with van der Waals surface area (Å²) >= 11 is 3.32. The Balaban J connectivity index is 2.44. The van der Waals surface area contributed by atoms with Crippen LogP contribution in [0.25, 0.3) is 0 Å². The molecule has 0 amide bonds. The van der Waals surface area contributed by atoms with Gasteiger partial charge in [0.05, 0.1) is 23.0 Å². The summed E-state index contributed by atoms with van der Waals surface area (Å²) in [5.74, 6) is 0.328. The van der Waals surface area contributed by atoms with E-state index in [-0.39, 0.29) is 0 Å². The van der Waals surface area contributed by atoms with Gasteiger partial charge in [-0.3, -0.25) is 0 Å². The fourth-order valence-corrected chi connectivity index (χ4v) is 1.72. The molecule has 1 aromatic carbocycles. The van der Waals surface area contributed by atoms with Crippen molar-refractivity contribution in [1.82, 2.24) is 10.2 Å². The highest BCUT2D eigenvalue weighted by Crippen LogP contribution is 2.24. The van der Waals surface area contributed by atoms with E-state index in [1.807, 2.05) is 6.07 Å². The number of benzene rings is 1. The molecule has 1 N–H and O–H groups in total. The van der Waals surface area contributed by atoms with Crippen molar-refractivity contribution < 1.29 is 0 Å². The highest BCUT2D eigenvalue weighted by molar-refractivity contribution is 9.10. The van der Waals surface area contributed by atoms with Gasteiger partial charge in [0.15, 0.2) is 5.82 Å². The Labute approximate surface area is 112 Å². The van der Waals surface area contributed by atoms with Crippen molar-refractivity contribution in [1.29, 1.82) is 10.5 Å². The minimum absolute atomic E-state index is 0.328. The Morgan fingerprint density at radius 1 is 1.11 bits per heavy atom. The van der Waals surface area contributed by atoms with Crippen LogP contribution in [-0.2, 0) is 0 Å². The van der Waals surface area contributed by atoms with Gasteiger partial charge in [0.25, 0.3) is 0 Å². The molecular formula is C12H6BrN5.